The van der Waals surface area contributed by atoms with Gasteiger partial charge in [-0.1, -0.05) is 76.9 Å². The van der Waals surface area contributed by atoms with Crippen molar-refractivity contribution < 1.29 is 9.59 Å². The molecule has 27 heavy (non-hydrogen) atoms. The number of aliphatic imine (C=N–C) groups is 1. The Labute approximate surface area is 169 Å². The summed E-state index contributed by atoms with van der Waals surface area (Å²) >= 11 is 0. The van der Waals surface area contributed by atoms with Crippen LogP contribution in [0.25, 0.3) is 0 Å². The number of hydrogen-bond donors (Lipinski definition) is 1. The number of aliphatic hydroxyl groups is 1. The summed E-state index contributed by atoms with van der Waals surface area (Å²) in [5.74, 6) is 1.25. The van der Waals surface area contributed by atoms with Gasteiger partial charge in [-0.05, 0) is 32.6 Å². The predicted octanol–water partition coefficient (Wildman–Crippen LogP) is 6.61. The zero-order chi connectivity index (χ0) is 19.8. The Hall–Kier alpha value is -0.670. The second-order valence-electron chi connectivity index (χ2n) is 8.31. The molecule has 0 aromatic rings. The van der Waals surface area contributed by atoms with Gasteiger partial charge in [-0.15, -0.1) is 0 Å². The van der Waals surface area contributed by atoms with Gasteiger partial charge in [-0.25, -0.2) is 4.99 Å². The van der Waals surface area contributed by atoms with Crippen molar-refractivity contribution in [3.63, 3.8) is 0 Å². The molecular formula is C24H47N2O+. The van der Waals surface area contributed by atoms with E-state index in [0.717, 1.165) is 30.5 Å². The van der Waals surface area contributed by atoms with Crippen LogP contribution in [0.1, 0.15) is 111 Å². The molecule has 1 N–H and O–H groups in total. The Kier molecular flexibility index (Phi) is 13.8. The standard InChI is InChI=1S/C24H47N2O/c1-4-6-7-8-9-10-11-12-13-14-15-16-17-18-19-20-24-25-21-22-26(24,5-2)23(3)27/h6-7,23,27H,4-5,8-22H2,1-3H3/q+1/b7-6+. The topological polar surface area (TPSA) is 32.6 Å². The number of aliphatic hydroxyl groups excluding tert-OH is 1. The van der Waals surface area contributed by atoms with Crippen molar-refractivity contribution >= 4 is 5.84 Å². The molecule has 0 saturated carbocycles. The highest BCUT2D eigenvalue weighted by Crippen LogP contribution is 2.23. The van der Waals surface area contributed by atoms with Crippen LogP contribution in [0.2, 0.25) is 0 Å². The van der Waals surface area contributed by atoms with E-state index in [1.165, 1.54) is 89.3 Å². The molecule has 0 saturated heterocycles. The van der Waals surface area contributed by atoms with E-state index >= 15 is 0 Å². The quantitative estimate of drug-likeness (QED) is 0.172. The first-order chi connectivity index (χ1) is 13.2. The summed E-state index contributed by atoms with van der Waals surface area (Å²) in [5.41, 5.74) is 0. The lowest BCUT2D eigenvalue weighted by molar-refractivity contribution is -0.882. The van der Waals surface area contributed by atoms with E-state index in [-0.39, 0.29) is 6.23 Å². The number of amidine groups is 1. The summed E-state index contributed by atoms with van der Waals surface area (Å²) in [4.78, 5) is 4.71. The summed E-state index contributed by atoms with van der Waals surface area (Å²) in [5, 5.41) is 10.2. The third-order valence-electron chi connectivity index (χ3n) is 6.26. The van der Waals surface area contributed by atoms with Crippen LogP contribution in [0, 0.1) is 0 Å². The lowest BCUT2D eigenvalue weighted by Gasteiger charge is -2.36. The van der Waals surface area contributed by atoms with Crippen molar-refractivity contribution in [3.8, 4) is 0 Å². The smallest absolute Gasteiger partial charge is 0.200 e. The normalized spacial score (nSPS) is 21.1. The van der Waals surface area contributed by atoms with Crippen LogP contribution in [0.3, 0.4) is 0 Å². The zero-order valence-electron chi connectivity index (χ0n) is 18.6. The van der Waals surface area contributed by atoms with E-state index in [1.54, 1.807) is 0 Å². The van der Waals surface area contributed by atoms with Crippen LogP contribution in [0.15, 0.2) is 17.1 Å². The van der Waals surface area contributed by atoms with Crippen LogP contribution in [-0.2, 0) is 0 Å². The molecule has 3 heteroatoms. The van der Waals surface area contributed by atoms with Crippen LogP contribution in [-0.4, -0.2) is 41.3 Å². The van der Waals surface area contributed by atoms with Gasteiger partial charge in [0.25, 0.3) is 0 Å². The van der Waals surface area contributed by atoms with Crippen LogP contribution >= 0.6 is 0 Å². The van der Waals surface area contributed by atoms with E-state index in [4.69, 9.17) is 4.99 Å². The molecule has 0 fully saturated rings. The van der Waals surface area contributed by atoms with Gasteiger partial charge >= 0.3 is 0 Å². The number of likely N-dealkylation sites (N-methyl/N-ethyl adjacent to an activating group) is 1. The fourth-order valence-corrected chi connectivity index (χ4v) is 4.36. The van der Waals surface area contributed by atoms with E-state index in [9.17, 15) is 5.11 Å². The molecule has 0 amide bonds. The SMILES string of the molecule is CC/C=C/CCCCCCCCCCCCCC1=NCC[N+]1(CC)C(C)O. The minimum Gasteiger partial charge on any atom is -0.345 e. The van der Waals surface area contributed by atoms with Crippen molar-refractivity contribution in [1.82, 2.24) is 0 Å². The molecule has 0 bridgehead atoms. The maximum atomic E-state index is 10.2. The monoisotopic (exact) mass is 379 g/mol. The molecule has 1 aliphatic rings. The van der Waals surface area contributed by atoms with Gasteiger partial charge in [-0.2, -0.15) is 0 Å². The molecule has 0 aromatic carbocycles. The number of allylic oxidation sites excluding steroid dienone is 2. The highest BCUT2D eigenvalue weighted by Gasteiger charge is 2.40. The molecule has 0 aromatic heterocycles. The minimum atomic E-state index is -0.316. The van der Waals surface area contributed by atoms with Crippen LogP contribution < -0.4 is 0 Å². The van der Waals surface area contributed by atoms with Crippen molar-refractivity contribution in [2.24, 2.45) is 4.99 Å². The van der Waals surface area contributed by atoms with Crippen molar-refractivity contribution in [3.05, 3.63) is 12.2 Å². The van der Waals surface area contributed by atoms with Gasteiger partial charge in [0.15, 0.2) is 6.23 Å². The van der Waals surface area contributed by atoms with Crippen molar-refractivity contribution in [1.29, 1.82) is 0 Å². The number of quaternary nitrogens is 1. The third-order valence-corrected chi connectivity index (χ3v) is 6.26. The first-order valence-electron chi connectivity index (χ1n) is 11.9. The Bertz CT molecular complexity index is 417. The van der Waals surface area contributed by atoms with Crippen molar-refractivity contribution in [2.75, 3.05) is 19.6 Å². The molecule has 158 valence electrons. The van der Waals surface area contributed by atoms with Crippen molar-refractivity contribution in [2.45, 2.75) is 117 Å². The van der Waals surface area contributed by atoms with Gasteiger partial charge in [-0.3, -0.25) is 4.48 Å². The number of unbranched alkanes of at least 4 members (excludes halogenated alkanes) is 11. The van der Waals surface area contributed by atoms with Gasteiger partial charge in [0.1, 0.15) is 6.54 Å². The summed E-state index contributed by atoms with van der Waals surface area (Å²) < 4.78 is 0.717. The average molecular weight is 380 g/mol. The molecule has 0 aliphatic carbocycles. The minimum absolute atomic E-state index is 0.316. The number of hydrogen-bond acceptors (Lipinski definition) is 2. The third kappa shape index (κ3) is 9.38. The molecule has 1 aliphatic heterocycles. The summed E-state index contributed by atoms with van der Waals surface area (Å²) in [6.45, 7) is 9.15. The summed E-state index contributed by atoms with van der Waals surface area (Å²) in [7, 11) is 0. The molecular weight excluding hydrogens is 332 g/mol. The van der Waals surface area contributed by atoms with E-state index < -0.39 is 0 Å². The summed E-state index contributed by atoms with van der Waals surface area (Å²) in [6, 6.07) is 0. The van der Waals surface area contributed by atoms with Gasteiger partial charge in [0.2, 0.25) is 5.84 Å². The largest absolute Gasteiger partial charge is 0.345 e. The lowest BCUT2D eigenvalue weighted by Crippen LogP contribution is -2.56. The van der Waals surface area contributed by atoms with Crippen LogP contribution in [0.4, 0.5) is 0 Å². The van der Waals surface area contributed by atoms with Crippen LogP contribution in [0.5, 0.6) is 0 Å². The average Bonchev–Trinajstić information content (AvgIpc) is 3.09. The molecule has 2 atom stereocenters. The maximum absolute atomic E-state index is 10.2. The maximum Gasteiger partial charge on any atom is 0.200 e. The summed E-state index contributed by atoms with van der Waals surface area (Å²) in [6.07, 6.45) is 23.0. The second-order valence-corrected chi connectivity index (χ2v) is 8.31. The highest BCUT2D eigenvalue weighted by molar-refractivity contribution is 5.76. The van der Waals surface area contributed by atoms with Gasteiger partial charge in [0, 0.05) is 13.3 Å². The first-order valence-corrected chi connectivity index (χ1v) is 11.9. The fourth-order valence-electron chi connectivity index (χ4n) is 4.36. The van der Waals surface area contributed by atoms with E-state index in [2.05, 4.69) is 26.0 Å². The molecule has 1 rings (SSSR count). The first kappa shape index (κ1) is 24.4. The number of rotatable bonds is 17. The zero-order valence-corrected chi connectivity index (χ0v) is 18.6. The second kappa shape index (κ2) is 15.3. The van der Waals surface area contributed by atoms with Gasteiger partial charge in [0.05, 0.1) is 13.1 Å². The Morgan fingerprint density at radius 2 is 1.44 bits per heavy atom. The molecule has 0 radical (unpaired) electrons. The molecule has 2 unspecified atom stereocenters. The molecule has 0 spiro atoms. The van der Waals surface area contributed by atoms with E-state index in [1.807, 2.05) is 6.92 Å². The fraction of sp³-hybridized carbons (Fsp3) is 0.875. The van der Waals surface area contributed by atoms with Gasteiger partial charge < -0.3 is 5.11 Å². The molecule has 3 nitrogen and oxygen atoms in total. The van der Waals surface area contributed by atoms with E-state index in [0.29, 0.717) is 0 Å². The molecule has 1 heterocycles. The Morgan fingerprint density at radius 3 is 1.96 bits per heavy atom. The number of nitrogens with zero attached hydrogens (tertiary/aromatic N) is 2. The Morgan fingerprint density at radius 1 is 0.889 bits per heavy atom. The highest BCUT2D eigenvalue weighted by atomic mass is 16.3. The lowest BCUT2D eigenvalue weighted by atomic mass is 10.0. The predicted molar refractivity (Wildman–Crippen MR) is 119 cm³/mol. The Balaban J connectivity index is 1.92.